The summed E-state index contributed by atoms with van der Waals surface area (Å²) in [6, 6.07) is 18.9. The van der Waals surface area contributed by atoms with Gasteiger partial charge >= 0.3 is 175 Å². The van der Waals surface area contributed by atoms with E-state index in [1.165, 1.54) is 25.7 Å². The van der Waals surface area contributed by atoms with Crippen molar-refractivity contribution in [3.8, 4) is 0 Å². The molecule has 0 bridgehead atoms. The van der Waals surface area contributed by atoms with Crippen molar-refractivity contribution in [1.82, 2.24) is 0 Å². The molecule has 2 aromatic rings. The third-order valence-corrected chi connectivity index (χ3v) is 14.5. The van der Waals surface area contributed by atoms with E-state index in [-0.39, 0.29) is 9.76 Å². The Bertz CT molecular complexity index is 1020. The van der Waals surface area contributed by atoms with Crippen LogP contribution in [0.4, 0.5) is 0 Å². The largest absolute Gasteiger partial charge is 0.425 e. The van der Waals surface area contributed by atoms with E-state index in [0.717, 1.165) is 25.7 Å². The fourth-order valence-electron chi connectivity index (χ4n) is 6.74. The Morgan fingerprint density at radius 1 is 0.865 bits per heavy atom. The third kappa shape index (κ3) is 6.55. The molecule has 4 aliphatic rings. The van der Waals surface area contributed by atoms with Crippen LogP contribution in [0.1, 0.15) is 80.9 Å². The molecule has 0 saturated heterocycles. The molecule has 0 radical (unpaired) electrons. The fourth-order valence-corrected chi connectivity index (χ4v) is 13.3. The molecule has 1 nitrogen and oxygen atoms in total. The first-order chi connectivity index (χ1) is 18.2. The number of hydrogen-bond acceptors (Lipinski definition) is 1. The van der Waals surface area contributed by atoms with Gasteiger partial charge in [0.15, 0.2) is 9.76 Å². The fraction of sp³-hybridized carbons (Fsp3) is 0.412. The van der Waals surface area contributed by atoms with Gasteiger partial charge in [0.1, 0.15) is 0 Å². The van der Waals surface area contributed by atoms with Crippen molar-refractivity contribution < 1.29 is 27.7 Å². The summed E-state index contributed by atoms with van der Waals surface area (Å²) in [7, 11) is -0.0860. The molecule has 0 N–H and O–H groups in total. The van der Waals surface area contributed by atoms with Gasteiger partial charge in [0.05, 0.1) is 0 Å². The smallest absolute Gasteiger partial charge is 0.158 e. The van der Waals surface area contributed by atoms with Crippen LogP contribution in [0.5, 0.6) is 0 Å². The second kappa shape index (κ2) is 14.6. The van der Waals surface area contributed by atoms with Gasteiger partial charge in [-0.1, -0.05) is 31.4 Å². The molecular formula is C34H44OSiZr. The van der Waals surface area contributed by atoms with Crippen LogP contribution < -0.4 is 0 Å². The average molecular weight is 588 g/mol. The monoisotopic (exact) mass is 586 g/mol. The van der Waals surface area contributed by atoms with Crippen molar-refractivity contribution in [2.24, 2.45) is 11.8 Å². The van der Waals surface area contributed by atoms with E-state index < -0.39 is 23.2 Å². The van der Waals surface area contributed by atoms with Crippen molar-refractivity contribution in [2.45, 2.75) is 65.2 Å². The van der Waals surface area contributed by atoms with Crippen LogP contribution in [-0.2, 0) is 27.7 Å². The summed E-state index contributed by atoms with van der Waals surface area (Å²) in [5.41, 5.74) is 6.79. The SMILES string of the molecule is C1=CC2c3ccccc3[CH]([Zr][CH]3c4ccccc4C4C=CCCC43)C2CC1.C=CC=CC.CCO[SiH2]C. The Balaban J connectivity index is 0.000000276. The van der Waals surface area contributed by atoms with Crippen LogP contribution >= 0.6 is 0 Å². The maximum Gasteiger partial charge on any atom is 0.158 e. The second-order valence-corrected chi connectivity index (χ2v) is 15.2. The predicted octanol–water partition coefficient (Wildman–Crippen LogP) is 8.58. The van der Waals surface area contributed by atoms with Crippen LogP contribution in [0.2, 0.25) is 6.55 Å². The van der Waals surface area contributed by atoms with Crippen molar-refractivity contribution in [3.05, 3.63) is 120 Å². The zero-order chi connectivity index (χ0) is 26.0. The molecule has 0 fully saturated rings. The van der Waals surface area contributed by atoms with E-state index in [0.29, 0.717) is 11.8 Å². The Morgan fingerprint density at radius 2 is 1.35 bits per heavy atom. The van der Waals surface area contributed by atoms with E-state index in [1.807, 2.05) is 26.0 Å². The third-order valence-electron chi connectivity index (χ3n) is 8.28. The zero-order valence-electron chi connectivity index (χ0n) is 23.0. The molecule has 2 aromatic carbocycles. The standard InChI is InChI=1S/2C13H13.C5H8.C3H10OSi.Zr/c2*1-3-7-12-10(5-1)9-11-6-2-4-8-13(11)12;1-3-5-4-2;1-3-4-5-2;/h2*1,3-5,7-9,11,13H,2,6H2;3-5H,1H2,2H3;3,5H2,1-2H3;. The van der Waals surface area contributed by atoms with Crippen molar-refractivity contribution in [2.75, 3.05) is 6.61 Å². The molecule has 0 spiro atoms. The summed E-state index contributed by atoms with van der Waals surface area (Å²) >= 11 is -0.610. The quantitative estimate of drug-likeness (QED) is 0.193. The molecule has 0 aliphatic heterocycles. The van der Waals surface area contributed by atoms with Crippen molar-refractivity contribution in [3.63, 3.8) is 0 Å². The molecule has 6 atom stereocenters. The van der Waals surface area contributed by atoms with Crippen LogP contribution in [0.15, 0.2) is 97.6 Å². The molecule has 0 saturated carbocycles. The number of hydrogen-bond donors (Lipinski definition) is 0. The summed E-state index contributed by atoms with van der Waals surface area (Å²) in [4.78, 5) is 0. The van der Waals surface area contributed by atoms with Gasteiger partial charge < -0.3 is 4.43 Å². The van der Waals surface area contributed by atoms with Gasteiger partial charge in [-0.3, -0.25) is 0 Å². The van der Waals surface area contributed by atoms with Gasteiger partial charge in [0, 0.05) is 6.61 Å². The zero-order valence-corrected chi connectivity index (χ0v) is 26.9. The average Bonchev–Trinajstić information content (AvgIpc) is 3.44. The topological polar surface area (TPSA) is 9.23 Å². The summed E-state index contributed by atoms with van der Waals surface area (Å²) < 4.78 is 6.78. The molecule has 3 heteroatoms. The minimum absolute atomic E-state index is 0.0860. The predicted molar refractivity (Wildman–Crippen MR) is 159 cm³/mol. The minimum atomic E-state index is -0.610. The first-order valence-electron chi connectivity index (χ1n) is 14.3. The summed E-state index contributed by atoms with van der Waals surface area (Å²) in [5, 5.41) is 0. The van der Waals surface area contributed by atoms with E-state index in [2.05, 4.69) is 86.0 Å². The molecule has 0 heterocycles. The molecule has 37 heavy (non-hydrogen) atoms. The van der Waals surface area contributed by atoms with Gasteiger partial charge in [0.2, 0.25) is 0 Å². The number of benzene rings is 2. The minimum Gasteiger partial charge on any atom is -0.425 e. The maximum absolute atomic E-state index is 4.97. The Labute approximate surface area is 239 Å². The number of allylic oxidation sites excluding steroid dienone is 7. The number of rotatable bonds is 5. The Kier molecular flexibility index (Phi) is 11.2. The van der Waals surface area contributed by atoms with E-state index >= 15 is 0 Å². The van der Waals surface area contributed by atoms with Gasteiger partial charge in [-0.05, 0) is 13.8 Å². The Morgan fingerprint density at radius 3 is 1.70 bits per heavy atom. The summed E-state index contributed by atoms with van der Waals surface area (Å²) in [6.07, 6.45) is 20.9. The summed E-state index contributed by atoms with van der Waals surface area (Å²) in [5.74, 6) is 3.20. The van der Waals surface area contributed by atoms with Crippen LogP contribution in [-0.4, -0.2) is 16.4 Å². The molecule has 194 valence electrons. The van der Waals surface area contributed by atoms with E-state index in [9.17, 15) is 0 Å². The van der Waals surface area contributed by atoms with Gasteiger partial charge in [-0.2, -0.15) is 0 Å². The normalized spacial score (nSPS) is 28.4. The molecular weight excluding hydrogens is 544 g/mol. The molecule has 6 unspecified atom stereocenters. The van der Waals surface area contributed by atoms with Gasteiger partial charge in [0.25, 0.3) is 0 Å². The van der Waals surface area contributed by atoms with Crippen molar-refractivity contribution >= 4 is 9.76 Å². The van der Waals surface area contributed by atoms with Crippen molar-refractivity contribution in [1.29, 1.82) is 0 Å². The van der Waals surface area contributed by atoms with E-state index in [4.69, 9.17) is 4.43 Å². The molecule has 6 rings (SSSR count). The van der Waals surface area contributed by atoms with Gasteiger partial charge in [-0.25, -0.2) is 0 Å². The van der Waals surface area contributed by atoms with Crippen LogP contribution in [0.3, 0.4) is 0 Å². The number of fused-ring (bicyclic) bond motifs is 6. The Hall–Kier alpha value is -1.54. The van der Waals surface area contributed by atoms with Crippen LogP contribution in [0, 0.1) is 11.8 Å². The van der Waals surface area contributed by atoms with Gasteiger partial charge in [-0.15, -0.1) is 0 Å². The second-order valence-electron chi connectivity index (χ2n) is 10.3. The molecule has 0 amide bonds. The first kappa shape index (κ1) is 28.5. The van der Waals surface area contributed by atoms with E-state index in [1.54, 1.807) is 28.3 Å². The molecule has 0 aromatic heterocycles. The maximum atomic E-state index is 4.97. The molecule has 4 aliphatic carbocycles. The van der Waals surface area contributed by atoms with Crippen LogP contribution in [0.25, 0.3) is 0 Å². The summed E-state index contributed by atoms with van der Waals surface area (Å²) in [6.45, 7) is 10.5. The first-order valence-corrected chi connectivity index (χ1v) is 19.2.